The molecule has 0 spiro atoms. The van der Waals surface area contributed by atoms with Crippen molar-refractivity contribution in [2.45, 2.75) is 6.85 Å². The van der Waals surface area contributed by atoms with Gasteiger partial charge in [-0.25, -0.2) is 15.0 Å². The van der Waals surface area contributed by atoms with Gasteiger partial charge in [0.05, 0.1) is 0 Å². The molecule has 0 atom stereocenters. The molecule has 0 saturated heterocycles. The largest absolute Gasteiger partial charge is 0.222 e. The Bertz CT molecular complexity index is 568. The Kier molecular flexibility index (Phi) is 1.52. The van der Waals surface area contributed by atoms with Gasteiger partial charge in [0.1, 0.15) is 13.5 Å². The van der Waals surface area contributed by atoms with Gasteiger partial charge in [-0.2, -0.15) is 0 Å². The molecule has 0 aliphatic carbocycles. The lowest BCUT2D eigenvalue weighted by atomic mass is 10.2. The average Bonchev–Trinajstić information content (AvgIpc) is 2.28. The van der Waals surface area contributed by atoms with Crippen LogP contribution in [0.5, 0.6) is 0 Å². The van der Waals surface area contributed by atoms with E-state index in [9.17, 15) is 0 Å². The molecule has 0 radical (unpaired) electrons. The summed E-state index contributed by atoms with van der Waals surface area (Å²) in [7, 11) is 0. The second-order valence-corrected chi connectivity index (χ2v) is 3.51. The molecule has 0 fully saturated rings. The minimum Gasteiger partial charge on any atom is -0.222 e. The molecule has 0 amide bonds. The number of rotatable bonds is 1. The monoisotopic (exact) mass is 253 g/mol. The summed E-state index contributed by atoms with van der Waals surface area (Å²) in [5.41, 5.74) is 0.639. The third kappa shape index (κ3) is 1.96. The normalized spacial score (nSPS) is 15.2. The van der Waals surface area contributed by atoms with Crippen LogP contribution in [0.4, 0.5) is 0 Å². The molecule has 0 saturated carbocycles. The van der Waals surface area contributed by atoms with Crippen LogP contribution in [0.25, 0.3) is 11.4 Å². The maximum atomic E-state index is 7.43. The highest BCUT2D eigenvalue weighted by atomic mass is 79.9. The van der Waals surface area contributed by atoms with Crippen molar-refractivity contribution in [1.29, 1.82) is 0 Å². The minimum absolute atomic E-state index is 0.189. The summed E-state index contributed by atoms with van der Waals surface area (Å²) < 4.78 is 30.1. The predicted octanol–water partition coefficient (Wildman–Crippen LogP) is 2.61. The van der Waals surface area contributed by atoms with Crippen LogP contribution in [0.1, 0.15) is 11.3 Å². The van der Waals surface area contributed by atoms with Crippen LogP contribution in [-0.4, -0.2) is 15.0 Å². The lowest BCUT2D eigenvalue weighted by Gasteiger charge is -1.99. The van der Waals surface area contributed by atoms with Crippen molar-refractivity contribution >= 4 is 15.9 Å². The Hall–Kier alpha value is -1.29. The summed E-state index contributed by atoms with van der Waals surface area (Å²) in [6, 6.07) is 7.06. The summed E-state index contributed by atoms with van der Waals surface area (Å²) in [5, 5.41) is 0. The van der Waals surface area contributed by atoms with Crippen molar-refractivity contribution < 1.29 is 5.48 Å². The molecule has 0 N–H and O–H groups in total. The van der Waals surface area contributed by atoms with E-state index >= 15 is 0 Å². The third-order valence-electron chi connectivity index (χ3n) is 1.63. The highest BCUT2D eigenvalue weighted by Gasteiger charge is 2.00. The fourth-order valence-corrected chi connectivity index (χ4v) is 1.26. The van der Waals surface area contributed by atoms with Crippen LogP contribution in [0, 0.1) is 6.85 Å². The van der Waals surface area contributed by atoms with Crippen LogP contribution >= 0.6 is 15.9 Å². The van der Waals surface area contributed by atoms with Crippen LogP contribution in [0.2, 0.25) is 0 Å². The molecule has 0 bridgehead atoms. The fourth-order valence-electron chi connectivity index (χ4n) is 0.998. The van der Waals surface area contributed by atoms with Crippen molar-refractivity contribution in [2.75, 3.05) is 0 Å². The smallest absolute Gasteiger partial charge is 0.162 e. The predicted molar refractivity (Wildman–Crippen MR) is 57.7 cm³/mol. The number of nitrogens with zero attached hydrogens (tertiary/aromatic N) is 3. The summed E-state index contributed by atoms with van der Waals surface area (Å²) in [5.74, 6) is -0.172. The molecule has 1 heterocycles. The second-order valence-electron chi connectivity index (χ2n) is 2.59. The van der Waals surface area contributed by atoms with E-state index in [0.29, 0.717) is 5.56 Å². The minimum atomic E-state index is -2.44. The van der Waals surface area contributed by atoms with E-state index in [2.05, 4.69) is 30.9 Å². The van der Waals surface area contributed by atoms with Gasteiger partial charge in [-0.15, -0.1) is 0 Å². The second kappa shape index (κ2) is 3.84. The van der Waals surface area contributed by atoms with E-state index in [-0.39, 0.29) is 18.0 Å². The number of hydrogen-bond donors (Lipinski definition) is 0. The van der Waals surface area contributed by atoms with E-state index in [4.69, 9.17) is 5.48 Å². The van der Waals surface area contributed by atoms with Crippen LogP contribution in [0.3, 0.4) is 0 Å². The Labute approximate surface area is 96.0 Å². The van der Waals surface area contributed by atoms with Crippen LogP contribution in [-0.2, 0) is 0 Å². The van der Waals surface area contributed by atoms with Gasteiger partial charge in [0.15, 0.2) is 5.82 Å². The van der Waals surface area contributed by atoms with Gasteiger partial charge in [-0.1, -0.05) is 28.1 Å². The maximum absolute atomic E-state index is 7.43. The van der Waals surface area contributed by atoms with E-state index < -0.39 is 6.85 Å². The lowest BCUT2D eigenvalue weighted by Crippen LogP contribution is -1.93. The number of benzene rings is 1. The number of hydrogen-bond acceptors (Lipinski definition) is 3. The summed E-state index contributed by atoms with van der Waals surface area (Å²) in [6.45, 7) is -2.44. The Morgan fingerprint density at radius 3 is 2.79 bits per heavy atom. The first-order valence-corrected chi connectivity index (χ1v) is 4.64. The first-order chi connectivity index (χ1) is 8.36. The molecule has 0 unspecified atom stereocenters. The van der Waals surface area contributed by atoms with Gasteiger partial charge < -0.3 is 0 Å². The molecule has 4 heteroatoms. The highest BCUT2D eigenvalue weighted by molar-refractivity contribution is 9.10. The van der Waals surface area contributed by atoms with E-state index in [0.717, 1.165) is 4.47 Å². The topological polar surface area (TPSA) is 38.7 Å². The third-order valence-corrected chi connectivity index (χ3v) is 2.15. The maximum Gasteiger partial charge on any atom is 0.162 e. The first kappa shape index (κ1) is 5.56. The quantitative estimate of drug-likeness (QED) is 0.785. The standard InChI is InChI=1S/C10H8BrN3/c1-7-12-6-13-10(14-7)8-2-4-9(11)5-3-8/h2-6H,1H3/i1D3,6D. The molecule has 14 heavy (non-hydrogen) atoms. The van der Waals surface area contributed by atoms with Crippen molar-refractivity contribution in [2.24, 2.45) is 0 Å². The van der Waals surface area contributed by atoms with E-state index in [1.54, 1.807) is 24.3 Å². The van der Waals surface area contributed by atoms with Crippen LogP contribution < -0.4 is 0 Å². The zero-order chi connectivity index (χ0) is 13.3. The SMILES string of the molecule is [2H]c1nc(-c2ccc(Br)cc2)nc(C([2H])([2H])[2H])n1. The molecule has 2 rings (SSSR count). The summed E-state index contributed by atoms with van der Waals surface area (Å²) in [6.07, 6.45) is -0.353. The first-order valence-electron chi connectivity index (χ1n) is 5.85. The van der Waals surface area contributed by atoms with Crippen molar-refractivity contribution in [3.63, 3.8) is 0 Å². The molecule has 70 valence electrons. The molecule has 1 aromatic carbocycles. The Morgan fingerprint density at radius 1 is 1.29 bits per heavy atom. The Morgan fingerprint density at radius 2 is 2.07 bits per heavy atom. The zero-order valence-corrected chi connectivity index (χ0v) is 8.62. The highest BCUT2D eigenvalue weighted by Crippen LogP contribution is 2.17. The van der Waals surface area contributed by atoms with Gasteiger partial charge in [0, 0.05) is 14.1 Å². The average molecular weight is 254 g/mol. The number of aromatic nitrogens is 3. The zero-order valence-electron chi connectivity index (χ0n) is 11.0. The molecule has 0 aliphatic heterocycles. The number of halogens is 1. The van der Waals surface area contributed by atoms with Gasteiger partial charge in [-0.3, -0.25) is 0 Å². The fraction of sp³-hybridized carbons (Fsp3) is 0.100. The summed E-state index contributed by atoms with van der Waals surface area (Å²) >= 11 is 3.30. The molecule has 2 aromatic rings. The Balaban J connectivity index is 2.52. The molecular weight excluding hydrogens is 242 g/mol. The summed E-state index contributed by atoms with van der Waals surface area (Å²) in [4.78, 5) is 11.2. The molecule has 3 nitrogen and oxygen atoms in total. The molecule has 0 aliphatic rings. The van der Waals surface area contributed by atoms with Gasteiger partial charge in [0.2, 0.25) is 0 Å². The van der Waals surface area contributed by atoms with Crippen molar-refractivity contribution in [3.05, 3.63) is 40.9 Å². The van der Waals surface area contributed by atoms with Gasteiger partial charge in [-0.05, 0) is 19.0 Å². The van der Waals surface area contributed by atoms with Gasteiger partial charge >= 0.3 is 0 Å². The van der Waals surface area contributed by atoms with E-state index in [1.165, 1.54) is 0 Å². The van der Waals surface area contributed by atoms with Crippen molar-refractivity contribution in [1.82, 2.24) is 15.0 Å². The van der Waals surface area contributed by atoms with Crippen LogP contribution in [0.15, 0.2) is 35.0 Å². The van der Waals surface area contributed by atoms with E-state index in [1.807, 2.05) is 0 Å². The van der Waals surface area contributed by atoms with Gasteiger partial charge in [0.25, 0.3) is 0 Å². The van der Waals surface area contributed by atoms with Crippen molar-refractivity contribution in [3.8, 4) is 11.4 Å². The number of aryl methyl sites for hydroxylation is 1. The molecular formula is C10H8BrN3. The molecule has 1 aromatic heterocycles. The lowest BCUT2D eigenvalue weighted by molar-refractivity contribution is 0.983.